The van der Waals surface area contributed by atoms with Gasteiger partial charge in [-0.25, -0.2) is 25.8 Å². The maximum absolute atomic E-state index is 12.4. The lowest BCUT2D eigenvalue weighted by atomic mass is 10.0. The monoisotopic (exact) mass is 664 g/mol. The predicted molar refractivity (Wildman–Crippen MR) is 165 cm³/mol. The fourth-order valence-corrected chi connectivity index (χ4v) is 5.73. The first-order chi connectivity index (χ1) is 21.8. The van der Waals surface area contributed by atoms with Crippen LogP contribution in [0, 0.1) is 0 Å². The number of carbonyl (C=O) groups is 4. The van der Waals surface area contributed by atoms with Crippen molar-refractivity contribution in [3.63, 3.8) is 0 Å². The molecule has 0 aliphatic carbocycles. The molecule has 2 aromatic carbocycles. The third-order valence-corrected chi connectivity index (χ3v) is 7.86. The van der Waals surface area contributed by atoms with E-state index in [-0.39, 0.29) is 42.5 Å². The van der Waals surface area contributed by atoms with Crippen molar-refractivity contribution in [3.05, 3.63) is 71.8 Å². The van der Waals surface area contributed by atoms with E-state index in [0.717, 1.165) is 17.5 Å². The van der Waals surface area contributed by atoms with Crippen molar-refractivity contribution >= 4 is 36.3 Å². The summed E-state index contributed by atoms with van der Waals surface area (Å²) < 4.78 is 0. The van der Waals surface area contributed by atoms with Gasteiger partial charge in [0.05, 0.1) is 26.3 Å². The molecule has 0 spiro atoms. The van der Waals surface area contributed by atoms with Crippen molar-refractivity contribution < 1.29 is 43.6 Å². The summed E-state index contributed by atoms with van der Waals surface area (Å²) in [5.41, 5.74) is 4.28. The number of hydroxylamine groups is 5. The Morgan fingerprint density at radius 2 is 1.20 bits per heavy atom. The maximum Gasteiger partial charge on any atom is 0.345 e. The molecule has 4 atom stereocenters. The number of rotatable bonds is 9. The van der Waals surface area contributed by atoms with Gasteiger partial charge in [-0.1, -0.05) is 60.7 Å². The predicted octanol–water partition coefficient (Wildman–Crippen LogP) is 2.46. The topological polar surface area (TPSA) is 176 Å². The number of hydrogen-bond acceptors (Lipinski definition) is 9. The number of piperidine rings is 2. The Balaban J connectivity index is 0.000000227. The highest BCUT2D eigenvalue weighted by atomic mass is 35.5. The summed E-state index contributed by atoms with van der Waals surface area (Å²) >= 11 is 0. The van der Waals surface area contributed by atoms with E-state index in [1.807, 2.05) is 60.7 Å². The Hall–Kier alpha value is -3.99. The van der Waals surface area contributed by atoms with Gasteiger partial charge < -0.3 is 19.7 Å². The lowest BCUT2D eigenvalue weighted by molar-refractivity contribution is -0.143. The van der Waals surface area contributed by atoms with Crippen molar-refractivity contribution in [2.24, 2.45) is 5.90 Å². The van der Waals surface area contributed by atoms with Crippen molar-refractivity contribution in [1.29, 1.82) is 0 Å². The van der Waals surface area contributed by atoms with Gasteiger partial charge in [0, 0.05) is 13.1 Å². The van der Waals surface area contributed by atoms with Gasteiger partial charge in [0.2, 0.25) is 0 Å². The average molecular weight is 665 g/mol. The van der Waals surface area contributed by atoms with Crippen LogP contribution in [0.25, 0.3) is 0 Å². The summed E-state index contributed by atoms with van der Waals surface area (Å²) in [5.74, 6) is 3.11. The first-order valence-electron chi connectivity index (χ1n) is 14.6. The lowest BCUT2D eigenvalue weighted by Gasteiger charge is -2.28. The normalized spacial score (nSPS) is 22.7. The van der Waals surface area contributed by atoms with Gasteiger partial charge >= 0.3 is 18.0 Å². The van der Waals surface area contributed by atoms with E-state index in [9.17, 15) is 19.2 Å². The fraction of sp³-hybridized carbons (Fsp3) is 0.467. The second-order valence-corrected chi connectivity index (χ2v) is 10.8. The summed E-state index contributed by atoms with van der Waals surface area (Å²) in [7, 11) is 2.78. The minimum Gasteiger partial charge on any atom is -0.480 e. The van der Waals surface area contributed by atoms with Gasteiger partial charge in [-0.3, -0.25) is 19.3 Å². The van der Waals surface area contributed by atoms with Crippen molar-refractivity contribution in [1.82, 2.24) is 25.4 Å². The van der Waals surface area contributed by atoms with Crippen LogP contribution >= 0.6 is 12.4 Å². The van der Waals surface area contributed by atoms with Crippen molar-refractivity contribution in [2.45, 2.75) is 63.1 Å². The van der Waals surface area contributed by atoms with E-state index in [1.165, 1.54) is 29.2 Å². The van der Waals surface area contributed by atoms with Crippen LogP contribution in [0.1, 0.15) is 36.8 Å². The highest BCUT2D eigenvalue weighted by molar-refractivity contribution is 5.88. The second-order valence-electron chi connectivity index (χ2n) is 10.8. The Bertz CT molecular complexity index is 1290. The maximum atomic E-state index is 12.4. The number of halogens is 1. The van der Waals surface area contributed by atoms with Crippen LogP contribution in [0.2, 0.25) is 0 Å². The molecule has 2 aromatic rings. The number of carboxylic acids is 1. The van der Waals surface area contributed by atoms with Gasteiger partial charge in [-0.15, -0.1) is 12.4 Å². The van der Waals surface area contributed by atoms with Crippen LogP contribution in [0.4, 0.5) is 9.59 Å². The molecule has 252 valence electrons. The fourth-order valence-electron chi connectivity index (χ4n) is 5.73. The number of carboxylic acid groups (broad SMARTS) is 1. The zero-order chi connectivity index (χ0) is 32.3. The van der Waals surface area contributed by atoms with E-state index < -0.39 is 18.1 Å². The van der Waals surface area contributed by atoms with Gasteiger partial charge in [-0.05, 0) is 36.8 Å². The minimum atomic E-state index is -0.943. The van der Waals surface area contributed by atoms with Crippen LogP contribution in [0.5, 0.6) is 0 Å². The number of nitrogens with one attached hydrogen (secondary N) is 1. The molecule has 4 aliphatic heterocycles. The van der Waals surface area contributed by atoms with Gasteiger partial charge in [0.25, 0.3) is 5.91 Å². The Labute approximate surface area is 273 Å². The molecule has 4 bridgehead atoms. The van der Waals surface area contributed by atoms with Crippen molar-refractivity contribution in [2.75, 3.05) is 27.3 Å². The Morgan fingerprint density at radius 1 is 0.783 bits per heavy atom. The first kappa shape index (κ1) is 36.5. The summed E-state index contributed by atoms with van der Waals surface area (Å²) in [6.07, 6.45) is 2.49. The summed E-state index contributed by atoms with van der Waals surface area (Å²) in [5, 5.41) is 11.9. The van der Waals surface area contributed by atoms with E-state index in [2.05, 4.69) is 21.1 Å². The second kappa shape index (κ2) is 17.6. The summed E-state index contributed by atoms with van der Waals surface area (Å²) in [6, 6.07) is 17.4. The molecular weight excluding hydrogens is 624 g/mol. The highest BCUT2D eigenvalue weighted by Crippen LogP contribution is 2.31. The molecule has 15 nitrogen and oxygen atoms in total. The van der Waals surface area contributed by atoms with E-state index in [1.54, 1.807) is 4.90 Å². The highest BCUT2D eigenvalue weighted by Gasteiger charge is 2.49. The third kappa shape index (κ3) is 8.84. The molecule has 4 heterocycles. The van der Waals surface area contributed by atoms with E-state index in [0.29, 0.717) is 45.6 Å². The Kier molecular flexibility index (Phi) is 14.0. The van der Waals surface area contributed by atoms with Crippen LogP contribution in [0.3, 0.4) is 0 Å². The number of nitrogens with two attached hydrogens (primary N) is 1. The number of benzene rings is 2. The molecule has 0 radical (unpaired) electrons. The molecule has 4 saturated heterocycles. The van der Waals surface area contributed by atoms with E-state index >= 15 is 0 Å². The number of aliphatic carboxylic acids is 1. The number of amides is 5. The summed E-state index contributed by atoms with van der Waals surface area (Å²) in [6.45, 7) is 1.60. The Morgan fingerprint density at radius 3 is 1.61 bits per heavy atom. The molecule has 4 aliphatic rings. The number of carbonyl (C=O) groups excluding carboxylic acids is 3. The third-order valence-electron chi connectivity index (χ3n) is 7.86. The minimum absolute atomic E-state index is 0. The summed E-state index contributed by atoms with van der Waals surface area (Å²) in [4.78, 5) is 70.3. The SMILES string of the molecule is CON.CONC(=O)[C@@H]1CC[C@@H]2CN1C(=O)N2OCc1ccccc1.Cl.O=C(O)[C@@H]1CC[C@@H]2CN1C(=O)N2OCc1ccccc1. The molecule has 6 rings (SSSR count). The molecular formula is C30H41ClN6O9. The van der Waals surface area contributed by atoms with Gasteiger partial charge in [0.15, 0.2) is 0 Å². The molecule has 16 heteroatoms. The zero-order valence-electron chi connectivity index (χ0n) is 25.7. The number of fused-ring (bicyclic) bond motifs is 4. The number of hydrogen-bond donors (Lipinski definition) is 3. The molecule has 0 saturated carbocycles. The quantitative estimate of drug-likeness (QED) is 0.338. The van der Waals surface area contributed by atoms with Crippen molar-refractivity contribution in [3.8, 4) is 0 Å². The molecule has 46 heavy (non-hydrogen) atoms. The number of urea groups is 2. The van der Waals surface area contributed by atoms with Crippen LogP contribution < -0.4 is 11.4 Å². The molecule has 4 N–H and O–H groups in total. The smallest absolute Gasteiger partial charge is 0.345 e. The zero-order valence-corrected chi connectivity index (χ0v) is 26.5. The van der Waals surface area contributed by atoms with Crippen LogP contribution in [0.15, 0.2) is 60.7 Å². The van der Waals surface area contributed by atoms with E-state index in [4.69, 9.17) is 14.8 Å². The average Bonchev–Trinajstić information content (AvgIpc) is 3.43. The van der Waals surface area contributed by atoms with Crippen LogP contribution in [-0.4, -0.2) is 100 Å². The standard InChI is InChI=1S/C15H19N3O4.C14H16N2O4.CH5NO.ClH/c1-21-16-14(19)13-8-7-12-9-17(13)15(20)18(12)22-10-11-5-3-2-4-6-11;17-13(18)12-7-6-11-8-15(12)14(19)16(11)20-9-10-4-2-1-3-5-10;1-3-2;/h2-6,12-13H,7-10H2,1H3,(H,16,19);1-5,11-12H,6-9H2,(H,17,18);2H2,1H3;1H/t12-,13+;11-,12+;;/m11../s1. The largest absolute Gasteiger partial charge is 0.480 e. The van der Waals surface area contributed by atoms with Crippen LogP contribution in [-0.2, 0) is 42.2 Å². The molecule has 0 unspecified atom stereocenters. The van der Waals surface area contributed by atoms with Gasteiger partial charge in [0.1, 0.15) is 25.3 Å². The number of nitrogens with zero attached hydrogens (tertiary/aromatic N) is 4. The molecule has 5 amide bonds. The lowest BCUT2D eigenvalue weighted by Crippen LogP contribution is -2.49. The molecule has 0 aromatic heterocycles. The first-order valence-corrected chi connectivity index (χ1v) is 14.6. The molecule has 4 fully saturated rings. The van der Waals surface area contributed by atoms with Gasteiger partial charge in [-0.2, -0.15) is 10.1 Å².